The molecule has 1 saturated carbocycles. The number of hydrogen-bond acceptors (Lipinski definition) is 2. The van der Waals surface area contributed by atoms with Crippen molar-refractivity contribution >= 4 is 22.4 Å². The standard InChI is InChI=1S/C13H14ClNOS/c14-11-5-7-12(8-6-11)17(16)13-4-2-1-3-10(13)9-15/h5-8,10,13H,1-4H2. The maximum atomic E-state index is 12.4. The van der Waals surface area contributed by atoms with Gasteiger partial charge in [-0.25, -0.2) is 0 Å². The van der Waals surface area contributed by atoms with Gasteiger partial charge < -0.3 is 0 Å². The summed E-state index contributed by atoms with van der Waals surface area (Å²) < 4.78 is 12.4. The average Bonchev–Trinajstić information content (AvgIpc) is 2.39. The molecule has 1 fully saturated rings. The number of nitriles is 1. The molecule has 2 nitrogen and oxygen atoms in total. The Labute approximate surface area is 109 Å². The lowest BCUT2D eigenvalue weighted by molar-refractivity contribution is 0.431. The summed E-state index contributed by atoms with van der Waals surface area (Å²) in [5, 5.41) is 9.72. The van der Waals surface area contributed by atoms with E-state index in [0.717, 1.165) is 30.6 Å². The van der Waals surface area contributed by atoms with Gasteiger partial charge in [0, 0.05) is 9.92 Å². The van der Waals surface area contributed by atoms with Crippen LogP contribution < -0.4 is 0 Å². The molecule has 0 radical (unpaired) electrons. The van der Waals surface area contributed by atoms with Gasteiger partial charge in [-0.3, -0.25) is 4.21 Å². The maximum Gasteiger partial charge on any atom is 0.0668 e. The van der Waals surface area contributed by atoms with E-state index in [1.807, 2.05) is 0 Å². The third kappa shape index (κ3) is 2.88. The van der Waals surface area contributed by atoms with E-state index >= 15 is 0 Å². The van der Waals surface area contributed by atoms with Crippen LogP contribution in [0.25, 0.3) is 0 Å². The topological polar surface area (TPSA) is 40.9 Å². The van der Waals surface area contributed by atoms with Crippen LogP contribution in [0, 0.1) is 17.2 Å². The first kappa shape index (κ1) is 12.6. The lowest BCUT2D eigenvalue weighted by Crippen LogP contribution is -2.28. The van der Waals surface area contributed by atoms with E-state index in [0.29, 0.717) is 5.02 Å². The Morgan fingerprint density at radius 2 is 1.88 bits per heavy atom. The zero-order valence-corrected chi connectivity index (χ0v) is 11.0. The Hall–Kier alpha value is -0.850. The highest BCUT2D eigenvalue weighted by Gasteiger charge is 2.30. The fourth-order valence-corrected chi connectivity index (χ4v) is 4.00. The Balaban J connectivity index is 2.18. The van der Waals surface area contributed by atoms with Crippen molar-refractivity contribution in [3.63, 3.8) is 0 Å². The maximum absolute atomic E-state index is 12.4. The van der Waals surface area contributed by atoms with Gasteiger partial charge in [0.05, 0.1) is 28.0 Å². The second-order valence-electron chi connectivity index (χ2n) is 4.31. The van der Waals surface area contributed by atoms with E-state index in [-0.39, 0.29) is 11.2 Å². The Morgan fingerprint density at radius 1 is 1.24 bits per heavy atom. The third-order valence-corrected chi connectivity index (χ3v) is 5.29. The molecule has 3 unspecified atom stereocenters. The first-order valence-electron chi connectivity index (χ1n) is 5.78. The largest absolute Gasteiger partial charge is 0.254 e. The summed E-state index contributed by atoms with van der Waals surface area (Å²) >= 11 is 5.81. The zero-order valence-electron chi connectivity index (χ0n) is 9.43. The fraction of sp³-hybridized carbons (Fsp3) is 0.462. The van der Waals surface area contributed by atoms with Gasteiger partial charge in [-0.2, -0.15) is 5.26 Å². The number of rotatable bonds is 2. The van der Waals surface area contributed by atoms with Crippen LogP contribution in [0.5, 0.6) is 0 Å². The molecule has 1 aliphatic rings. The molecule has 3 atom stereocenters. The molecule has 1 aromatic carbocycles. The van der Waals surface area contributed by atoms with Crippen LogP contribution in [0.15, 0.2) is 29.2 Å². The van der Waals surface area contributed by atoms with Crippen LogP contribution in [0.3, 0.4) is 0 Å². The van der Waals surface area contributed by atoms with Gasteiger partial charge in [0.25, 0.3) is 0 Å². The molecule has 2 rings (SSSR count). The number of benzene rings is 1. The van der Waals surface area contributed by atoms with Gasteiger partial charge >= 0.3 is 0 Å². The number of halogens is 1. The molecule has 0 aromatic heterocycles. The Bertz CT molecular complexity index is 451. The van der Waals surface area contributed by atoms with Crippen LogP contribution in [0.2, 0.25) is 5.02 Å². The molecule has 0 saturated heterocycles. The summed E-state index contributed by atoms with van der Waals surface area (Å²) in [4.78, 5) is 0.779. The summed E-state index contributed by atoms with van der Waals surface area (Å²) in [6, 6.07) is 9.38. The van der Waals surface area contributed by atoms with E-state index in [9.17, 15) is 4.21 Å². The van der Waals surface area contributed by atoms with Gasteiger partial charge in [0.1, 0.15) is 0 Å². The van der Waals surface area contributed by atoms with Crippen LogP contribution in [-0.4, -0.2) is 9.46 Å². The van der Waals surface area contributed by atoms with Gasteiger partial charge in [-0.1, -0.05) is 24.4 Å². The first-order chi connectivity index (χ1) is 8.22. The van der Waals surface area contributed by atoms with E-state index in [1.54, 1.807) is 24.3 Å². The van der Waals surface area contributed by atoms with Gasteiger partial charge in [-0.05, 0) is 37.1 Å². The minimum absolute atomic E-state index is 0.0186. The molecule has 0 amide bonds. The van der Waals surface area contributed by atoms with Crippen molar-refractivity contribution < 1.29 is 4.21 Å². The zero-order chi connectivity index (χ0) is 12.3. The monoisotopic (exact) mass is 267 g/mol. The van der Waals surface area contributed by atoms with Crippen LogP contribution >= 0.6 is 11.6 Å². The molecular formula is C13H14ClNOS. The lowest BCUT2D eigenvalue weighted by atomic mass is 9.90. The van der Waals surface area contributed by atoms with Gasteiger partial charge in [-0.15, -0.1) is 0 Å². The molecule has 1 aromatic rings. The molecule has 17 heavy (non-hydrogen) atoms. The minimum atomic E-state index is -1.09. The summed E-state index contributed by atoms with van der Waals surface area (Å²) in [5.41, 5.74) is 0. The summed E-state index contributed by atoms with van der Waals surface area (Å²) in [7, 11) is -1.09. The highest BCUT2D eigenvalue weighted by molar-refractivity contribution is 7.85. The number of hydrogen-bond donors (Lipinski definition) is 0. The van der Waals surface area contributed by atoms with Crippen molar-refractivity contribution in [3.8, 4) is 6.07 Å². The van der Waals surface area contributed by atoms with Crippen LogP contribution in [-0.2, 0) is 10.8 Å². The average molecular weight is 268 g/mol. The van der Waals surface area contributed by atoms with E-state index < -0.39 is 10.8 Å². The number of nitrogens with zero attached hydrogens (tertiary/aromatic N) is 1. The van der Waals surface area contributed by atoms with Crippen LogP contribution in [0.4, 0.5) is 0 Å². The molecule has 1 aliphatic carbocycles. The smallest absolute Gasteiger partial charge is 0.0668 e. The summed E-state index contributed by atoms with van der Waals surface area (Å²) in [6.07, 6.45) is 3.91. The highest BCUT2D eigenvalue weighted by atomic mass is 35.5. The van der Waals surface area contributed by atoms with E-state index in [4.69, 9.17) is 16.9 Å². The van der Waals surface area contributed by atoms with Gasteiger partial charge in [0.2, 0.25) is 0 Å². The van der Waals surface area contributed by atoms with Crippen LogP contribution in [0.1, 0.15) is 25.7 Å². The van der Waals surface area contributed by atoms with Crippen molar-refractivity contribution in [3.05, 3.63) is 29.3 Å². The highest BCUT2D eigenvalue weighted by Crippen LogP contribution is 2.30. The predicted molar refractivity (Wildman–Crippen MR) is 69.2 cm³/mol. The van der Waals surface area contributed by atoms with Crippen molar-refractivity contribution in [2.45, 2.75) is 35.8 Å². The fourth-order valence-electron chi connectivity index (χ4n) is 2.24. The quantitative estimate of drug-likeness (QED) is 0.822. The predicted octanol–water partition coefficient (Wildman–Crippen LogP) is 3.53. The second kappa shape index (κ2) is 5.66. The van der Waals surface area contributed by atoms with Gasteiger partial charge in [0.15, 0.2) is 0 Å². The third-order valence-electron chi connectivity index (χ3n) is 3.19. The molecule has 90 valence electrons. The molecule has 0 N–H and O–H groups in total. The Kier molecular flexibility index (Phi) is 4.20. The normalized spacial score (nSPS) is 26.1. The Morgan fingerprint density at radius 3 is 2.53 bits per heavy atom. The molecule has 4 heteroatoms. The van der Waals surface area contributed by atoms with E-state index in [2.05, 4.69) is 6.07 Å². The summed E-state index contributed by atoms with van der Waals surface area (Å²) in [5.74, 6) is -0.0692. The molecule has 0 heterocycles. The van der Waals surface area contributed by atoms with E-state index in [1.165, 1.54) is 0 Å². The summed E-state index contributed by atoms with van der Waals surface area (Å²) in [6.45, 7) is 0. The molecule has 0 bridgehead atoms. The second-order valence-corrected chi connectivity index (χ2v) is 6.42. The van der Waals surface area contributed by atoms with Crippen molar-refractivity contribution in [2.75, 3.05) is 0 Å². The molecule has 0 aliphatic heterocycles. The lowest BCUT2D eigenvalue weighted by Gasteiger charge is -2.25. The SMILES string of the molecule is N#CC1CCCCC1S(=O)c1ccc(Cl)cc1. The minimum Gasteiger partial charge on any atom is -0.254 e. The first-order valence-corrected chi connectivity index (χ1v) is 7.37. The van der Waals surface area contributed by atoms with Crippen molar-refractivity contribution in [2.24, 2.45) is 5.92 Å². The molecule has 0 spiro atoms. The van der Waals surface area contributed by atoms with Crippen molar-refractivity contribution in [1.29, 1.82) is 5.26 Å². The van der Waals surface area contributed by atoms with Crippen molar-refractivity contribution in [1.82, 2.24) is 0 Å². The molecular weight excluding hydrogens is 254 g/mol.